The molecule has 6 nitrogen and oxygen atoms in total. The van der Waals surface area contributed by atoms with E-state index in [-0.39, 0.29) is 29.9 Å². The van der Waals surface area contributed by atoms with Crippen molar-refractivity contribution >= 4 is 41.5 Å². The summed E-state index contributed by atoms with van der Waals surface area (Å²) in [4.78, 5) is 21.1. The lowest BCUT2D eigenvalue weighted by molar-refractivity contribution is -0.116. The average Bonchev–Trinajstić information content (AvgIpc) is 3.04. The van der Waals surface area contributed by atoms with E-state index in [0.717, 1.165) is 36.8 Å². The van der Waals surface area contributed by atoms with Gasteiger partial charge in [0.15, 0.2) is 5.96 Å². The Morgan fingerprint density at radius 3 is 2.68 bits per heavy atom. The van der Waals surface area contributed by atoms with Crippen molar-refractivity contribution in [3.05, 3.63) is 29.8 Å². The fraction of sp³-hybridized carbons (Fsp3) is 0.619. The highest BCUT2D eigenvalue weighted by Crippen LogP contribution is 2.47. The van der Waals surface area contributed by atoms with Crippen LogP contribution in [0.4, 0.5) is 5.69 Å². The first-order valence-electron chi connectivity index (χ1n) is 10.1. The van der Waals surface area contributed by atoms with Gasteiger partial charge in [0.25, 0.3) is 0 Å². The molecule has 0 bridgehead atoms. The molecule has 1 amide bonds. The second kappa shape index (κ2) is 10.4. The van der Waals surface area contributed by atoms with Gasteiger partial charge in [0.05, 0.1) is 13.1 Å². The molecule has 1 heterocycles. The maximum Gasteiger partial charge on any atom is 0.238 e. The predicted octanol–water partition coefficient (Wildman–Crippen LogP) is 3.15. The Labute approximate surface area is 186 Å². The molecule has 1 saturated heterocycles. The Hall–Kier alpha value is -1.35. The van der Waals surface area contributed by atoms with E-state index in [1.54, 1.807) is 0 Å². The van der Waals surface area contributed by atoms with Gasteiger partial charge in [-0.2, -0.15) is 0 Å². The van der Waals surface area contributed by atoms with Crippen molar-refractivity contribution < 1.29 is 4.79 Å². The number of guanidine groups is 1. The van der Waals surface area contributed by atoms with Crippen LogP contribution >= 0.6 is 24.0 Å². The van der Waals surface area contributed by atoms with Gasteiger partial charge >= 0.3 is 0 Å². The van der Waals surface area contributed by atoms with Crippen LogP contribution in [0.1, 0.15) is 38.2 Å². The summed E-state index contributed by atoms with van der Waals surface area (Å²) in [6.07, 6.45) is 5.42. The Kier molecular flexibility index (Phi) is 8.55. The van der Waals surface area contributed by atoms with Crippen molar-refractivity contribution in [2.75, 3.05) is 45.6 Å². The molecule has 2 aliphatic rings. The molecule has 0 radical (unpaired) electrons. The number of nitrogens with one attached hydrogen (secondary N) is 2. The number of likely N-dealkylation sites (N-methyl/N-ethyl adjacent to an activating group) is 1. The van der Waals surface area contributed by atoms with Gasteiger partial charge in [0.1, 0.15) is 0 Å². The molecule has 1 aromatic rings. The summed E-state index contributed by atoms with van der Waals surface area (Å²) >= 11 is 0. The smallest absolute Gasteiger partial charge is 0.238 e. The third-order valence-corrected chi connectivity index (χ3v) is 5.57. The van der Waals surface area contributed by atoms with Crippen LogP contribution in [0.25, 0.3) is 0 Å². The standard InChI is InChI=1S/C21H33N5O.HI/c1-4-22-20(26-12-11-21(16-26)9-6-10-21)23-14-17-7-5-8-18(13-17)24-19(27)15-25(2)3;/h5,7-8,13H,4,6,9-12,14-16H2,1-3H3,(H,22,23)(H,24,27);1H. The molecule has 1 spiro atoms. The third-order valence-electron chi connectivity index (χ3n) is 5.57. The first-order valence-corrected chi connectivity index (χ1v) is 10.1. The second-order valence-corrected chi connectivity index (χ2v) is 8.18. The number of halogens is 1. The molecule has 1 saturated carbocycles. The number of hydrogen-bond donors (Lipinski definition) is 2. The molecular formula is C21H34IN5O. The molecule has 1 aliphatic carbocycles. The van der Waals surface area contributed by atoms with Gasteiger partial charge in [-0.1, -0.05) is 18.6 Å². The van der Waals surface area contributed by atoms with Crippen LogP contribution in [0, 0.1) is 5.41 Å². The Morgan fingerprint density at radius 1 is 1.29 bits per heavy atom. The van der Waals surface area contributed by atoms with E-state index < -0.39 is 0 Å². The van der Waals surface area contributed by atoms with Crippen molar-refractivity contribution in [2.45, 2.75) is 39.2 Å². The monoisotopic (exact) mass is 499 g/mol. The number of benzene rings is 1. The van der Waals surface area contributed by atoms with Gasteiger partial charge in [-0.25, -0.2) is 4.99 Å². The van der Waals surface area contributed by atoms with Crippen molar-refractivity contribution in [3.63, 3.8) is 0 Å². The molecule has 156 valence electrons. The Balaban J connectivity index is 0.00000280. The van der Waals surface area contributed by atoms with Crippen molar-refractivity contribution in [2.24, 2.45) is 10.4 Å². The molecule has 0 aromatic heterocycles. The number of carbonyl (C=O) groups excluding carboxylic acids is 1. The molecule has 28 heavy (non-hydrogen) atoms. The van der Waals surface area contributed by atoms with Crippen LogP contribution < -0.4 is 10.6 Å². The topological polar surface area (TPSA) is 60.0 Å². The van der Waals surface area contributed by atoms with E-state index in [4.69, 9.17) is 4.99 Å². The lowest BCUT2D eigenvalue weighted by Gasteiger charge is -2.38. The summed E-state index contributed by atoms with van der Waals surface area (Å²) in [6, 6.07) is 7.97. The molecule has 3 rings (SSSR count). The zero-order valence-electron chi connectivity index (χ0n) is 17.3. The summed E-state index contributed by atoms with van der Waals surface area (Å²) < 4.78 is 0. The minimum Gasteiger partial charge on any atom is -0.357 e. The van der Waals surface area contributed by atoms with Crippen molar-refractivity contribution in [3.8, 4) is 0 Å². The highest BCUT2D eigenvalue weighted by molar-refractivity contribution is 14.0. The van der Waals surface area contributed by atoms with Crippen LogP contribution in [0.15, 0.2) is 29.3 Å². The number of hydrogen-bond acceptors (Lipinski definition) is 3. The molecule has 0 atom stereocenters. The fourth-order valence-electron chi connectivity index (χ4n) is 4.03. The highest BCUT2D eigenvalue weighted by Gasteiger charge is 2.43. The molecule has 1 aliphatic heterocycles. The number of rotatable bonds is 6. The van der Waals surface area contributed by atoms with Crippen molar-refractivity contribution in [1.82, 2.24) is 15.1 Å². The number of nitrogens with zero attached hydrogens (tertiary/aromatic N) is 3. The quantitative estimate of drug-likeness (QED) is 0.359. The normalized spacial score (nSPS) is 18.0. The van der Waals surface area contributed by atoms with Gasteiger partial charge in [-0.05, 0) is 63.4 Å². The van der Waals surface area contributed by atoms with E-state index in [1.165, 1.54) is 25.7 Å². The van der Waals surface area contributed by atoms with Crippen LogP contribution in [0.3, 0.4) is 0 Å². The summed E-state index contributed by atoms with van der Waals surface area (Å²) in [7, 11) is 3.78. The fourth-order valence-corrected chi connectivity index (χ4v) is 4.03. The predicted molar refractivity (Wildman–Crippen MR) is 126 cm³/mol. The Morgan fingerprint density at radius 2 is 2.07 bits per heavy atom. The largest absolute Gasteiger partial charge is 0.357 e. The molecule has 0 unspecified atom stereocenters. The average molecular weight is 499 g/mol. The first kappa shape index (κ1) is 22.9. The number of likely N-dealkylation sites (tertiary alicyclic amines) is 1. The summed E-state index contributed by atoms with van der Waals surface area (Å²) in [5.74, 6) is 1.01. The number of aliphatic imine (C=N–C) groups is 1. The lowest BCUT2D eigenvalue weighted by atomic mass is 9.68. The summed E-state index contributed by atoms with van der Waals surface area (Å²) in [5, 5.41) is 6.40. The van der Waals surface area contributed by atoms with Crippen LogP contribution in [-0.2, 0) is 11.3 Å². The lowest BCUT2D eigenvalue weighted by Crippen LogP contribution is -2.42. The highest BCUT2D eigenvalue weighted by atomic mass is 127. The zero-order chi connectivity index (χ0) is 19.3. The van der Waals surface area contributed by atoms with Gasteiger partial charge in [-0.15, -0.1) is 24.0 Å². The minimum atomic E-state index is -0.00291. The van der Waals surface area contributed by atoms with Crippen molar-refractivity contribution in [1.29, 1.82) is 0 Å². The van der Waals surface area contributed by atoms with Crippen LogP contribution in [0.5, 0.6) is 0 Å². The minimum absolute atomic E-state index is 0. The van der Waals surface area contributed by atoms with E-state index in [2.05, 4.69) is 28.5 Å². The second-order valence-electron chi connectivity index (χ2n) is 8.18. The molecule has 1 aromatic carbocycles. The first-order chi connectivity index (χ1) is 13.0. The molecule has 7 heteroatoms. The third kappa shape index (κ3) is 6.07. The molecule has 2 N–H and O–H groups in total. The maximum absolute atomic E-state index is 12.0. The number of anilines is 1. The van der Waals surface area contributed by atoms with E-state index in [9.17, 15) is 4.79 Å². The maximum atomic E-state index is 12.0. The van der Waals surface area contributed by atoms with E-state index >= 15 is 0 Å². The SMILES string of the molecule is CCNC(=NCc1cccc(NC(=O)CN(C)C)c1)N1CCC2(CCC2)C1.I. The van der Waals surface area contributed by atoms with Gasteiger partial charge in [0, 0.05) is 25.3 Å². The van der Waals surface area contributed by atoms with Crippen LogP contribution in [0.2, 0.25) is 0 Å². The number of amides is 1. The Bertz CT molecular complexity index is 687. The van der Waals surface area contributed by atoms with Gasteiger partial charge in [0.2, 0.25) is 5.91 Å². The van der Waals surface area contributed by atoms with Gasteiger partial charge < -0.3 is 20.4 Å². The van der Waals surface area contributed by atoms with E-state index in [1.807, 2.05) is 37.2 Å². The summed E-state index contributed by atoms with van der Waals surface area (Å²) in [6.45, 7) is 6.23. The van der Waals surface area contributed by atoms with Crippen LogP contribution in [-0.4, -0.2) is 61.9 Å². The number of carbonyl (C=O) groups is 1. The molecule has 2 fully saturated rings. The van der Waals surface area contributed by atoms with Gasteiger partial charge in [-0.3, -0.25) is 4.79 Å². The summed E-state index contributed by atoms with van der Waals surface area (Å²) in [5.41, 5.74) is 2.49. The zero-order valence-corrected chi connectivity index (χ0v) is 19.7. The van der Waals surface area contributed by atoms with E-state index in [0.29, 0.717) is 18.5 Å². The molecular weight excluding hydrogens is 465 g/mol.